The van der Waals surface area contributed by atoms with Crippen molar-refractivity contribution in [2.24, 2.45) is 0 Å². The van der Waals surface area contributed by atoms with Crippen molar-refractivity contribution in [1.82, 2.24) is 5.32 Å². The molecule has 82 valence electrons. The summed E-state index contributed by atoms with van der Waals surface area (Å²) in [5.74, 6) is 0.150. The summed E-state index contributed by atoms with van der Waals surface area (Å²) in [6.45, 7) is 0.720. The summed E-state index contributed by atoms with van der Waals surface area (Å²) in [4.78, 5) is 0. The van der Waals surface area contributed by atoms with Gasteiger partial charge in [0.15, 0.2) is 0 Å². The average Bonchev–Trinajstić information content (AvgIpc) is 2.64. The van der Waals surface area contributed by atoms with Gasteiger partial charge in [0, 0.05) is 11.6 Å². The van der Waals surface area contributed by atoms with Crippen molar-refractivity contribution >= 4 is 0 Å². The van der Waals surface area contributed by atoms with Gasteiger partial charge in [-0.15, -0.1) is 0 Å². The van der Waals surface area contributed by atoms with Gasteiger partial charge in [-0.2, -0.15) is 0 Å². The van der Waals surface area contributed by atoms with E-state index in [1.165, 1.54) is 13.2 Å². The van der Waals surface area contributed by atoms with Gasteiger partial charge in [-0.05, 0) is 19.0 Å². The average molecular weight is 211 g/mol. The van der Waals surface area contributed by atoms with Crippen molar-refractivity contribution in [3.63, 3.8) is 0 Å². The van der Waals surface area contributed by atoms with E-state index < -0.39 is 6.10 Å². The van der Waals surface area contributed by atoms with Gasteiger partial charge in [0.2, 0.25) is 0 Å². The molecule has 1 aromatic rings. The zero-order valence-electron chi connectivity index (χ0n) is 8.53. The van der Waals surface area contributed by atoms with Gasteiger partial charge in [0.05, 0.1) is 19.3 Å². The fourth-order valence-electron chi connectivity index (χ4n) is 1.89. The second-order valence-corrected chi connectivity index (χ2v) is 3.68. The van der Waals surface area contributed by atoms with E-state index in [1.807, 2.05) is 0 Å². The minimum atomic E-state index is -0.507. The van der Waals surface area contributed by atoms with E-state index in [0.717, 1.165) is 6.54 Å². The van der Waals surface area contributed by atoms with Gasteiger partial charge in [-0.25, -0.2) is 4.39 Å². The molecule has 2 N–H and O–H groups in total. The number of ether oxygens (including phenoxy) is 1. The van der Waals surface area contributed by atoms with Crippen LogP contribution in [0.4, 0.5) is 4.39 Å². The fourth-order valence-corrected chi connectivity index (χ4v) is 1.89. The lowest BCUT2D eigenvalue weighted by Crippen LogP contribution is -2.22. The minimum Gasteiger partial charge on any atom is -0.497 e. The third-order valence-corrected chi connectivity index (χ3v) is 2.73. The first-order valence-corrected chi connectivity index (χ1v) is 4.97. The quantitative estimate of drug-likeness (QED) is 0.773. The van der Waals surface area contributed by atoms with Gasteiger partial charge in [-0.3, -0.25) is 0 Å². The van der Waals surface area contributed by atoms with Crippen LogP contribution in [-0.2, 0) is 0 Å². The molecule has 0 bridgehead atoms. The number of halogens is 1. The number of methoxy groups -OCH3 is 1. The Labute approximate surface area is 87.9 Å². The first kappa shape index (κ1) is 10.4. The Morgan fingerprint density at radius 3 is 2.87 bits per heavy atom. The Kier molecular flexibility index (Phi) is 2.88. The molecular weight excluding hydrogens is 197 g/mol. The van der Waals surface area contributed by atoms with Crippen molar-refractivity contribution < 1.29 is 14.2 Å². The maximum absolute atomic E-state index is 13.6. The molecule has 0 amide bonds. The van der Waals surface area contributed by atoms with Crippen LogP contribution >= 0.6 is 0 Å². The number of hydrogen-bond donors (Lipinski definition) is 2. The molecular formula is C11H14FNO2. The Bertz CT molecular complexity index is 356. The molecule has 1 aliphatic heterocycles. The molecule has 0 spiro atoms. The number of rotatable bonds is 2. The van der Waals surface area contributed by atoms with Crippen molar-refractivity contribution in [2.75, 3.05) is 13.7 Å². The molecule has 3 nitrogen and oxygen atoms in total. The first-order valence-electron chi connectivity index (χ1n) is 4.97. The summed E-state index contributed by atoms with van der Waals surface area (Å²) in [6, 6.07) is 4.39. The molecule has 1 heterocycles. The van der Waals surface area contributed by atoms with Crippen LogP contribution in [0.3, 0.4) is 0 Å². The highest BCUT2D eigenvalue weighted by molar-refractivity contribution is 5.31. The van der Waals surface area contributed by atoms with Crippen LogP contribution in [-0.4, -0.2) is 24.9 Å². The lowest BCUT2D eigenvalue weighted by Gasteiger charge is -2.16. The summed E-state index contributed by atoms with van der Waals surface area (Å²) in [5, 5.41) is 12.7. The molecule has 1 aliphatic rings. The molecule has 2 unspecified atom stereocenters. The molecule has 0 saturated carbocycles. The van der Waals surface area contributed by atoms with Crippen molar-refractivity contribution in [3.8, 4) is 5.75 Å². The number of aliphatic hydroxyl groups is 1. The number of aliphatic hydroxyl groups excluding tert-OH is 1. The summed E-state index contributed by atoms with van der Waals surface area (Å²) in [7, 11) is 1.50. The normalized spacial score (nSPS) is 25.5. The van der Waals surface area contributed by atoms with E-state index in [9.17, 15) is 9.50 Å². The molecule has 1 aromatic carbocycles. The van der Waals surface area contributed by atoms with Crippen LogP contribution < -0.4 is 10.1 Å². The maximum Gasteiger partial charge on any atom is 0.131 e. The second kappa shape index (κ2) is 4.16. The SMILES string of the molecule is COc1ccc(C2NCCC2O)c(F)c1. The standard InChI is InChI=1S/C11H14FNO2/c1-15-7-2-3-8(9(12)6-7)11-10(14)4-5-13-11/h2-3,6,10-11,13-14H,4-5H2,1H3. The van der Waals surface area contributed by atoms with Gasteiger partial charge >= 0.3 is 0 Å². The maximum atomic E-state index is 13.6. The zero-order chi connectivity index (χ0) is 10.8. The lowest BCUT2D eigenvalue weighted by atomic mass is 10.0. The molecule has 0 aliphatic carbocycles. The molecule has 2 rings (SSSR count). The van der Waals surface area contributed by atoms with Crippen molar-refractivity contribution in [2.45, 2.75) is 18.6 Å². The van der Waals surface area contributed by atoms with Crippen molar-refractivity contribution in [1.29, 1.82) is 0 Å². The topological polar surface area (TPSA) is 41.5 Å². The predicted octanol–water partition coefficient (Wildman–Crippen LogP) is 1.23. The Morgan fingerprint density at radius 1 is 1.53 bits per heavy atom. The molecule has 0 radical (unpaired) electrons. The predicted molar refractivity (Wildman–Crippen MR) is 54.3 cm³/mol. The molecule has 2 atom stereocenters. The molecule has 1 fully saturated rings. The van der Waals surface area contributed by atoms with E-state index >= 15 is 0 Å². The summed E-state index contributed by atoms with van der Waals surface area (Å²) >= 11 is 0. The van der Waals surface area contributed by atoms with Crippen LogP contribution in [0.2, 0.25) is 0 Å². The molecule has 0 aromatic heterocycles. The highest BCUT2D eigenvalue weighted by atomic mass is 19.1. The largest absolute Gasteiger partial charge is 0.497 e. The fraction of sp³-hybridized carbons (Fsp3) is 0.455. The third-order valence-electron chi connectivity index (χ3n) is 2.73. The smallest absolute Gasteiger partial charge is 0.131 e. The van der Waals surface area contributed by atoms with Crippen LogP contribution in [0, 0.1) is 5.82 Å². The molecule has 15 heavy (non-hydrogen) atoms. The monoisotopic (exact) mass is 211 g/mol. The van der Waals surface area contributed by atoms with Crippen LogP contribution in [0.5, 0.6) is 5.75 Å². The highest BCUT2D eigenvalue weighted by Gasteiger charge is 2.28. The molecule has 4 heteroatoms. The number of nitrogens with one attached hydrogen (secondary N) is 1. The van der Waals surface area contributed by atoms with Gasteiger partial charge in [0.25, 0.3) is 0 Å². The summed E-state index contributed by atoms with van der Waals surface area (Å²) in [6.07, 6.45) is 0.156. The van der Waals surface area contributed by atoms with E-state index in [2.05, 4.69) is 5.32 Å². The van der Waals surface area contributed by atoms with Crippen LogP contribution in [0.1, 0.15) is 18.0 Å². The van der Waals surface area contributed by atoms with E-state index in [-0.39, 0.29) is 11.9 Å². The Balaban J connectivity index is 2.28. The van der Waals surface area contributed by atoms with E-state index in [4.69, 9.17) is 4.74 Å². The zero-order valence-corrected chi connectivity index (χ0v) is 8.53. The lowest BCUT2D eigenvalue weighted by molar-refractivity contribution is 0.158. The number of hydrogen-bond acceptors (Lipinski definition) is 3. The Morgan fingerprint density at radius 2 is 2.33 bits per heavy atom. The third kappa shape index (κ3) is 1.96. The van der Waals surface area contributed by atoms with E-state index in [1.54, 1.807) is 12.1 Å². The first-order chi connectivity index (χ1) is 7.22. The van der Waals surface area contributed by atoms with Crippen molar-refractivity contribution in [3.05, 3.63) is 29.6 Å². The Hall–Kier alpha value is -1.13. The summed E-state index contributed by atoms with van der Waals surface area (Å²) < 4.78 is 18.5. The summed E-state index contributed by atoms with van der Waals surface area (Å²) in [5.41, 5.74) is 0.501. The van der Waals surface area contributed by atoms with Gasteiger partial charge < -0.3 is 15.2 Å². The molecule has 1 saturated heterocycles. The van der Waals surface area contributed by atoms with E-state index in [0.29, 0.717) is 17.7 Å². The highest BCUT2D eigenvalue weighted by Crippen LogP contribution is 2.27. The van der Waals surface area contributed by atoms with Crippen LogP contribution in [0.15, 0.2) is 18.2 Å². The van der Waals surface area contributed by atoms with Crippen LogP contribution in [0.25, 0.3) is 0 Å². The number of benzene rings is 1. The minimum absolute atomic E-state index is 0.295. The second-order valence-electron chi connectivity index (χ2n) is 3.68. The van der Waals surface area contributed by atoms with Gasteiger partial charge in [-0.1, -0.05) is 6.07 Å². The van der Waals surface area contributed by atoms with Gasteiger partial charge in [0.1, 0.15) is 11.6 Å².